The van der Waals surface area contributed by atoms with Gasteiger partial charge in [-0.2, -0.15) is 5.06 Å². The standard InChI is InChI=1S/C25H26N2O5/c1-26-11-10-25-17-5-6-19(28)24(25)31-23-20(7-4-16(22(23)25)13-18(17)26)32-27(2)21(29)8-3-15-9-12-30-14-15/h3-9,12,14,17-19,24,28H,10-11,13H2,1-2H3/b8-3+/t17-,18+,19-,24-,25-/m0/s1. The van der Waals surface area contributed by atoms with E-state index in [1.807, 2.05) is 12.1 Å². The van der Waals surface area contributed by atoms with Gasteiger partial charge in [-0.1, -0.05) is 18.2 Å². The Morgan fingerprint density at radius 3 is 3.03 bits per heavy atom. The molecule has 0 radical (unpaired) electrons. The Kier molecular flexibility index (Phi) is 4.29. The molecule has 2 aromatic rings. The fourth-order valence-electron chi connectivity index (χ4n) is 6.13. The summed E-state index contributed by atoms with van der Waals surface area (Å²) >= 11 is 0. The number of hydrogen-bond acceptors (Lipinski definition) is 6. The molecule has 4 aliphatic rings. The summed E-state index contributed by atoms with van der Waals surface area (Å²) in [6.45, 7) is 0.961. The van der Waals surface area contributed by atoms with Crippen LogP contribution in [0.4, 0.5) is 0 Å². The predicted molar refractivity (Wildman–Crippen MR) is 117 cm³/mol. The SMILES string of the molecule is CN(Oc1ccc2c3c1O[C@H]1[C@@H](O)C=C[C@H]4[C@@H](C2)N(C)CC[C@@]341)C(=O)/C=C/c1ccoc1. The first-order valence-electron chi connectivity index (χ1n) is 11.0. The maximum absolute atomic E-state index is 12.6. The van der Waals surface area contributed by atoms with Gasteiger partial charge in [0.15, 0.2) is 11.5 Å². The second-order valence-electron chi connectivity index (χ2n) is 9.23. The minimum atomic E-state index is -0.668. The normalized spacial score (nSPS) is 32.0. The Bertz CT molecular complexity index is 1120. The van der Waals surface area contributed by atoms with Crippen LogP contribution < -0.4 is 9.57 Å². The van der Waals surface area contributed by atoms with Crippen LogP contribution in [-0.2, 0) is 16.6 Å². The summed E-state index contributed by atoms with van der Waals surface area (Å²) < 4.78 is 11.5. The van der Waals surface area contributed by atoms with Gasteiger partial charge in [-0.15, -0.1) is 0 Å². The third-order valence-electron chi connectivity index (χ3n) is 7.64. The summed E-state index contributed by atoms with van der Waals surface area (Å²) in [5.41, 5.74) is 2.96. The highest BCUT2D eigenvalue weighted by Crippen LogP contribution is 2.62. The van der Waals surface area contributed by atoms with Gasteiger partial charge in [-0.25, -0.2) is 0 Å². The van der Waals surface area contributed by atoms with Crippen molar-refractivity contribution in [3.05, 3.63) is 65.6 Å². The van der Waals surface area contributed by atoms with Crippen molar-refractivity contribution in [2.75, 3.05) is 20.6 Å². The smallest absolute Gasteiger partial charge is 0.278 e. The molecule has 0 saturated carbocycles. The number of piperidine rings is 1. The molecule has 1 saturated heterocycles. The van der Waals surface area contributed by atoms with Crippen LogP contribution in [0.1, 0.15) is 23.1 Å². The van der Waals surface area contributed by atoms with E-state index >= 15 is 0 Å². The predicted octanol–water partition coefficient (Wildman–Crippen LogP) is 2.55. The summed E-state index contributed by atoms with van der Waals surface area (Å²) in [6, 6.07) is 6.13. The molecule has 6 rings (SSSR count). The van der Waals surface area contributed by atoms with Gasteiger partial charge in [-0.05, 0) is 50.2 Å². The molecule has 0 unspecified atom stereocenters. The highest BCUT2D eigenvalue weighted by Gasteiger charge is 2.64. The molecule has 2 aliphatic heterocycles. The number of aliphatic hydroxyl groups excluding tert-OH is 1. The molecular weight excluding hydrogens is 408 g/mol. The molecule has 1 amide bonds. The van der Waals surface area contributed by atoms with Crippen molar-refractivity contribution in [1.29, 1.82) is 0 Å². The molecule has 1 aromatic carbocycles. The van der Waals surface area contributed by atoms with Crippen LogP contribution in [0.2, 0.25) is 0 Å². The zero-order chi connectivity index (χ0) is 22.0. The number of benzene rings is 1. The number of likely N-dealkylation sites (tertiary alicyclic amines) is 1. The first-order valence-corrected chi connectivity index (χ1v) is 11.0. The van der Waals surface area contributed by atoms with Gasteiger partial charge in [0.1, 0.15) is 12.2 Å². The Morgan fingerprint density at radius 1 is 1.34 bits per heavy atom. The molecule has 2 aliphatic carbocycles. The lowest BCUT2D eigenvalue weighted by atomic mass is 9.53. The number of furan rings is 1. The maximum Gasteiger partial charge on any atom is 0.278 e. The van der Waals surface area contributed by atoms with Crippen LogP contribution in [0.15, 0.2) is 53.4 Å². The number of ether oxygens (including phenoxy) is 1. The third kappa shape index (κ3) is 2.64. The molecule has 7 nitrogen and oxygen atoms in total. The molecule has 1 aromatic heterocycles. The summed E-state index contributed by atoms with van der Waals surface area (Å²) in [5, 5.41) is 12.0. The van der Waals surface area contributed by atoms with Crippen LogP contribution in [0.5, 0.6) is 11.5 Å². The summed E-state index contributed by atoms with van der Waals surface area (Å²) in [5.74, 6) is 1.16. The molecular formula is C25H26N2O5. The van der Waals surface area contributed by atoms with Crippen molar-refractivity contribution in [1.82, 2.24) is 9.96 Å². The Morgan fingerprint density at radius 2 is 2.22 bits per heavy atom. The van der Waals surface area contributed by atoms with E-state index in [1.165, 1.54) is 16.7 Å². The molecule has 7 heteroatoms. The van der Waals surface area contributed by atoms with Gasteiger partial charge in [0.2, 0.25) is 0 Å². The number of amides is 1. The Labute approximate surface area is 186 Å². The second-order valence-corrected chi connectivity index (χ2v) is 9.23. The number of nitrogens with zero attached hydrogens (tertiary/aromatic N) is 2. The van der Waals surface area contributed by atoms with Gasteiger partial charge < -0.3 is 24.0 Å². The van der Waals surface area contributed by atoms with Gasteiger partial charge in [-0.3, -0.25) is 4.79 Å². The third-order valence-corrected chi connectivity index (χ3v) is 7.64. The highest BCUT2D eigenvalue weighted by molar-refractivity contribution is 5.91. The van der Waals surface area contributed by atoms with Gasteiger partial charge >= 0.3 is 0 Å². The lowest BCUT2D eigenvalue weighted by Gasteiger charge is -2.56. The number of rotatable bonds is 4. The average Bonchev–Trinajstić information content (AvgIpc) is 3.43. The molecule has 1 N–H and O–H groups in total. The Hall–Kier alpha value is -3.03. The molecule has 32 heavy (non-hydrogen) atoms. The van der Waals surface area contributed by atoms with Crippen molar-refractivity contribution in [3.8, 4) is 11.5 Å². The van der Waals surface area contributed by atoms with E-state index < -0.39 is 6.10 Å². The highest BCUT2D eigenvalue weighted by atomic mass is 16.7. The number of hydroxylamine groups is 2. The first kappa shape index (κ1) is 19.6. The largest absolute Gasteiger partial charge is 0.482 e. The van der Waals surface area contributed by atoms with E-state index in [4.69, 9.17) is 14.0 Å². The summed E-state index contributed by atoms with van der Waals surface area (Å²) in [4.78, 5) is 21.0. The number of aliphatic hydroxyl groups is 1. The maximum atomic E-state index is 12.6. The van der Waals surface area contributed by atoms with E-state index in [-0.39, 0.29) is 23.3 Å². The zero-order valence-corrected chi connectivity index (χ0v) is 18.1. The van der Waals surface area contributed by atoms with Crippen LogP contribution >= 0.6 is 0 Å². The summed E-state index contributed by atoms with van der Waals surface area (Å²) in [6.07, 6.45) is 11.1. The molecule has 3 heterocycles. The zero-order valence-electron chi connectivity index (χ0n) is 18.1. The molecule has 2 bridgehead atoms. The summed E-state index contributed by atoms with van der Waals surface area (Å²) in [7, 11) is 3.77. The fraction of sp³-hybridized carbons (Fsp3) is 0.400. The van der Waals surface area contributed by atoms with E-state index in [0.29, 0.717) is 17.5 Å². The van der Waals surface area contributed by atoms with Crippen molar-refractivity contribution in [3.63, 3.8) is 0 Å². The van der Waals surface area contributed by atoms with Crippen LogP contribution in [0, 0.1) is 5.92 Å². The average molecular weight is 434 g/mol. The minimum Gasteiger partial charge on any atom is -0.482 e. The van der Waals surface area contributed by atoms with Crippen LogP contribution in [0.25, 0.3) is 6.08 Å². The van der Waals surface area contributed by atoms with Gasteiger partial charge in [0.25, 0.3) is 5.91 Å². The van der Waals surface area contributed by atoms with E-state index in [0.717, 1.165) is 30.5 Å². The van der Waals surface area contributed by atoms with E-state index in [1.54, 1.807) is 31.7 Å². The van der Waals surface area contributed by atoms with Crippen molar-refractivity contribution >= 4 is 12.0 Å². The molecule has 5 atom stereocenters. The fourth-order valence-corrected chi connectivity index (χ4v) is 6.13. The minimum absolute atomic E-state index is 0.253. The molecule has 166 valence electrons. The second kappa shape index (κ2) is 6.98. The van der Waals surface area contributed by atoms with Crippen LogP contribution in [-0.4, -0.2) is 59.9 Å². The first-order chi connectivity index (χ1) is 15.5. The van der Waals surface area contributed by atoms with Crippen molar-refractivity contribution in [2.24, 2.45) is 5.92 Å². The number of carbonyl (C=O) groups excluding carboxylic acids is 1. The van der Waals surface area contributed by atoms with E-state index in [9.17, 15) is 9.90 Å². The topological polar surface area (TPSA) is 75.4 Å². The van der Waals surface area contributed by atoms with Crippen molar-refractivity contribution < 1.29 is 23.9 Å². The van der Waals surface area contributed by atoms with Gasteiger partial charge in [0.05, 0.1) is 12.5 Å². The number of carbonyl (C=O) groups is 1. The number of hydrogen-bond donors (Lipinski definition) is 1. The lowest BCUT2D eigenvalue weighted by molar-refractivity contribution is -0.146. The number of likely N-dealkylation sites (N-methyl/N-ethyl adjacent to an activating group) is 2. The van der Waals surface area contributed by atoms with Crippen molar-refractivity contribution in [2.45, 2.75) is 36.5 Å². The lowest BCUT2D eigenvalue weighted by Crippen LogP contribution is -2.64. The quantitative estimate of drug-likeness (QED) is 0.453. The molecule has 1 fully saturated rings. The Balaban J connectivity index is 1.35. The monoisotopic (exact) mass is 434 g/mol. The van der Waals surface area contributed by atoms with Gasteiger partial charge in [0, 0.05) is 41.6 Å². The van der Waals surface area contributed by atoms with Crippen LogP contribution in [0.3, 0.4) is 0 Å². The molecule has 1 spiro atoms. The van der Waals surface area contributed by atoms with E-state index in [2.05, 4.69) is 24.1 Å².